The first-order chi connectivity index (χ1) is 11.1. The molecule has 0 spiro atoms. The van der Waals surface area contributed by atoms with E-state index >= 15 is 0 Å². The van der Waals surface area contributed by atoms with E-state index in [2.05, 4.69) is 0 Å². The maximum Gasteiger partial charge on any atom is 0.308 e. The van der Waals surface area contributed by atoms with Crippen molar-refractivity contribution in [2.24, 2.45) is 0 Å². The summed E-state index contributed by atoms with van der Waals surface area (Å²) in [6.45, 7) is 8.33. The highest BCUT2D eigenvalue weighted by Crippen LogP contribution is 2.52. The molecule has 0 aliphatic heterocycles. The molecule has 24 heavy (non-hydrogen) atoms. The van der Waals surface area contributed by atoms with Crippen LogP contribution in [0, 0.1) is 6.92 Å². The minimum absolute atomic E-state index is 0.0935. The largest absolute Gasteiger partial charge is 0.507 e. The summed E-state index contributed by atoms with van der Waals surface area (Å²) in [6, 6.07) is 8.92. The summed E-state index contributed by atoms with van der Waals surface area (Å²) >= 11 is 0. The van der Waals surface area contributed by atoms with E-state index in [9.17, 15) is 15.0 Å². The number of rotatable bonds is 3. The molecular weight excluding hydrogens is 308 g/mol. The van der Waals surface area contributed by atoms with Crippen molar-refractivity contribution in [1.29, 1.82) is 0 Å². The molecule has 128 valence electrons. The number of hydrogen-bond donors (Lipinski definition) is 2. The minimum Gasteiger partial charge on any atom is -0.507 e. The van der Waals surface area contributed by atoms with Crippen molar-refractivity contribution < 1.29 is 24.5 Å². The normalized spacial score (nSPS) is 11.2. The number of phenols is 2. The summed E-state index contributed by atoms with van der Waals surface area (Å²) in [5.41, 5.74) is 0.641. The smallest absolute Gasteiger partial charge is 0.308 e. The summed E-state index contributed by atoms with van der Waals surface area (Å²) in [4.78, 5) is 11.5. The first-order valence-electron chi connectivity index (χ1n) is 7.63. The van der Waals surface area contributed by atoms with Crippen LogP contribution in [-0.2, 0) is 4.79 Å². The SMILES string of the molecule is CC(=O)Oc1c(O)c(OC(C)(C)C)c(C)c(O)c1-c1ccccc1. The van der Waals surface area contributed by atoms with E-state index in [0.717, 1.165) is 0 Å². The fraction of sp³-hybridized carbons (Fsp3) is 0.316. The second-order valence-electron chi connectivity index (χ2n) is 6.53. The molecule has 2 N–H and O–H groups in total. The van der Waals surface area contributed by atoms with Crippen LogP contribution in [0.15, 0.2) is 30.3 Å². The van der Waals surface area contributed by atoms with Crippen LogP contribution in [0.5, 0.6) is 23.0 Å². The van der Waals surface area contributed by atoms with Gasteiger partial charge in [-0.2, -0.15) is 0 Å². The standard InChI is InChI=1S/C19H22O5/c1-11-15(21)14(13-9-7-6-8-10-13)18(23-12(2)20)16(22)17(11)24-19(3,4)5/h6-10,21-22H,1-5H3. The summed E-state index contributed by atoms with van der Waals surface area (Å²) in [5, 5.41) is 21.3. The highest BCUT2D eigenvalue weighted by Gasteiger charge is 2.28. The average molecular weight is 330 g/mol. The average Bonchev–Trinajstić information content (AvgIpc) is 2.49. The Bertz CT molecular complexity index is 758. The van der Waals surface area contributed by atoms with E-state index in [1.54, 1.807) is 31.2 Å². The predicted molar refractivity (Wildman–Crippen MR) is 91.6 cm³/mol. The van der Waals surface area contributed by atoms with Crippen LogP contribution in [0.1, 0.15) is 33.3 Å². The van der Waals surface area contributed by atoms with Gasteiger partial charge in [-0.25, -0.2) is 0 Å². The molecule has 0 fully saturated rings. The molecule has 5 nitrogen and oxygen atoms in total. The molecule has 0 unspecified atom stereocenters. The second kappa shape index (κ2) is 6.43. The Kier molecular flexibility index (Phi) is 4.73. The highest BCUT2D eigenvalue weighted by atomic mass is 16.5. The van der Waals surface area contributed by atoms with E-state index < -0.39 is 11.6 Å². The molecule has 0 saturated carbocycles. The Balaban J connectivity index is 2.78. The molecule has 0 aliphatic carbocycles. The lowest BCUT2D eigenvalue weighted by atomic mass is 9.98. The van der Waals surface area contributed by atoms with Gasteiger partial charge in [0, 0.05) is 12.5 Å². The van der Waals surface area contributed by atoms with Crippen molar-refractivity contribution in [3.63, 3.8) is 0 Å². The second-order valence-corrected chi connectivity index (χ2v) is 6.53. The third kappa shape index (κ3) is 3.62. The lowest BCUT2D eigenvalue weighted by Gasteiger charge is -2.25. The zero-order valence-corrected chi connectivity index (χ0v) is 14.5. The molecule has 5 heteroatoms. The van der Waals surface area contributed by atoms with Crippen molar-refractivity contribution in [3.05, 3.63) is 35.9 Å². The molecule has 0 amide bonds. The van der Waals surface area contributed by atoms with E-state index in [-0.39, 0.29) is 28.6 Å². The monoisotopic (exact) mass is 330 g/mol. The molecule has 2 aromatic rings. The number of ether oxygens (including phenoxy) is 2. The number of aromatic hydroxyl groups is 2. The Morgan fingerprint density at radius 1 is 1.00 bits per heavy atom. The summed E-state index contributed by atoms with van der Waals surface area (Å²) in [6.07, 6.45) is 0. The Labute approximate surface area is 141 Å². The van der Waals surface area contributed by atoms with Gasteiger partial charge in [-0.3, -0.25) is 4.79 Å². The number of phenolic OH excluding ortho intramolecular Hbond substituents is 2. The van der Waals surface area contributed by atoms with Crippen LogP contribution in [0.4, 0.5) is 0 Å². The quantitative estimate of drug-likeness (QED) is 0.502. The van der Waals surface area contributed by atoms with Crippen LogP contribution < -0.4 is 9.47 Å². The van der Waals surface area contributed by atoms with Crippen LogP contribution in [0.3, 0.4) is 0 Å². The maximum absolute atomic E-state index is 11.5. The molecule has 0 saturated heterocycles. The number of esters is 1. The zero-order chi connectivity index (χ0) is 18.1. The highest BCUT2D eigenvalue weighted by molar-refractivity contribution is 5.86. The molecule has 0 bridgehead atoms. The van der Waals surface area contributed by atoms with Gasteiger partial charge >= 0.3 is 5.97 Å². The van der Waals surface area contributed by atoms with Gasteiger partial charge in [0.2, 0.25) is 5.75 Å². The first kappa shape index (κ1) is 17.7. The van der Waals surface area contributed by atoms with Gasteiger partial charge in [0.25, 0.3) is 0 Å². The Hall–Kier alpha value is -2.69. The van der Waals surface area contributed by atoms with Crippen LogP contribution in [0.2, 0.25) is 0 Å². The van der Waals surface area contributed by atoms with Crippen molar-refractivity contribution in [3.8, 4) is 34.1 Å². The third-order valence-electron chi connectivity index (χ3n) is 3.31. The molecule has 0 radical (unpaired) electrons. The molecule has 0 atom stereocenters. The third-order valence-corrected chi connectivity index (χ3v) is 3.31. The van der Waals surface area contributed by atoms with Crippen molar-refractivity contribution in [1.82, 2.24) is 0 Å². The van der Waals surface area contributed by atoms with Crippen molar-refractivity contribution >= 4 is 5.97 Å². The summed E-state index contributed by atoms with van der Waals surface area (Å²) in [7, 11) is 0. The Morgan fingerprint density at radius 2 is 1.58 bits per heavy atom. The van der Waals surface area contributed by atoms with Gasteiger partial charge in [0.15, 0.2) is 11.5 Å². The van der Waals surface area contributed by atoms with Gasteiger partial charge in [-0.15, -0.1) is 0 Å². The van der Waals surface area contributed by atoms with Gasteiger partial charge in [0.05, 0.1) is 5.56 Å². The lowest BCUT2D eigenvalue weighted by molar-refractivity contribution is -0.131. The van der Waals surface area contributed by atoms with E-state index in [1.807, 2.05) is 26.8 Å². The summed E-state index contributed by atoms with van der Waals surface area (Å²) < 4.78 is 10.9. The van der Waals surface area contributed by atoms with Crippen LogP contribution in [0.25, 0.3) is 11.1 Å². The molecule has 2 aromatic carbocycles. The topological polar surface area (TPSA) is 76.0 Å². The molecule has 0 heterocycles. The number of carbonyl (C=O) groups is 1. The van der Waals surface area contributed by atoms with Crippen molar-refractivity contribution in [2.45, 2.75) is 40.2 Å². The van der Waals surface area contributed by atoms with Gasteiger partial charge in [-0.1, -0.05) is 30.3 Å². The fourth-order valence-corrected chi connectivity index (χ4v) is 2.35. The molecule has 2 rings (SSSR count). The number of benzene rings is 2. The summed E-state index contributed by atoms with van der Waals surface area (Å²) in [5.74, 6) is -1.04. The first-order valence-corrected chi connectivity index (χ1v) is 7.63. The molecule has 0 aliphatic rings. The molecule has 0 aromatic heterocycles. The van der Waals surface area contributed by atoms with Crippen LogP contribution in [-0.4, -0.2) is 21.8 Å². The van der Waals surface area contributed by atoms with Gasteiger partial charge in [0.1, 0.15) is 11.4 Å². The Morgan fingerprint density at radius 3 is 2.08 bits per heavy atom. The minimum atomic E-state index is -0.604. The van der Waals surface area contributed by atoms with E-state index in [0.29, 0.717) is 11.1 Å². The fourth-order valence-electron chi connectivity index (χ4n) is 2.35. The van der Waals surface area contributed by atoms with Gasteiger partial charge < -0.3 is 19.7 Å². The zero-order valence-electron chi connectivity index (χ0n) is 14.5. The van der Waals surface area contributed by atoms with Crippen molar-refractivity contribution in [2.75, 3.05) is 0 Å². The molecular formula is C19H22O5. The number of carbonyl (C=O) groups excluding carboxylic acids is 1. The van der Waals surface area contributed by atoms with E-state index in [1.165, 1.54) is 6.92 Å². The van der Waals surface area contributed by atoms with Gasteiger partial charge in [-0.05, 0) is 33.3 Å². The van der Waals surface area contributed by atoms with Crippen LogP contribution >= 0.6 is 0 Å². The predicted octanol–water partition coefficient (Wildman–Crippen LogP) is 4.18. The number of hydrogen-bond acceptors (Lipinski definition) is 5. The maximum atomic E-state index is 11.5. The van der Waals surface area contributed by atoms with E-state index in [4.69, 9.17) is 9.47 Å². The lowest BCUT2D eigenvalue weighted by Crippen LogP contribution is -2.23.